The first kappa shape index (κ1) is 13.2. The van der Waals surface area contributed by atoms with Crippen molar-refractivity contribution < 1.29 is 9.53 Å². The van der Waals surface area contributed by atoms with Gasteiger partial charge in [-0.15, -0.1) is 0 Å². The van der Waals surface area contributed by atoms with Crippen LogP contribution in [0.2, 0.25) is 0 Å². The van der Waals surface area contributed by atoms with Crippen LogP contribution in [-0.4, -0.2) is 13.0 Å². The fraction of sp³-hybridized carbons (Fsp3) is 0.471. The molecule has 1 aromatic rings. The first-order chi connectivity index (χ1) is 9.79. The van der Waals surface area contributed by atoms with E-state index in [1.165, 1.54) is 0 Å². The van der Waals surface area contributed by atoms with E-state index in [1.807, 2.05) is 24.3 Å². The van der Waals surface area contributed by atoms with Gasteiger partial charge in [-0.1, -0.05) is 18.2 Å². The zero-order valence-electron chi connectivity index (χ0n) is 11.8. The summed E-state index contributed by atoms with van der Waals surface area (Å²) in [4.78, 5) is 12.4. The standard InChI is InChI=1S/C17H21NO2/c1-20-13-8-6-7-12(11-13)18-17(19)16-14-9-4-2-3-5-10-15(14)16/h2-3,6-8,11,14-16H,4-5,9-10H2,1H3,(H,18,19)/t14-,15-/m1/s1. The smallest absolute Gasteiger partial charge is 0.228 e. The molecule has 1 amide bonds. The summed E-state index contributed by atoms with van der Waals surface area (Å²) in [5.41, 5.74) is 0.826. The number of hydrogen-bond donors (Lipinski definition) is 1. The van der Waals surface area contributed by atoms with Gasteiger partial charge in [0.2, 0.25) is 5.91 Å². The normalized spacial score (nSPS) is 27.9. The van der Waals surface area contributed by atoms with Crippen molar-refractivity contribution in [3.63, 3.8) is 0 Å². The zero-order chi connectivity index (χ0) is 13.9. The molecule has 3 heteroatoms. The van der Waals surface area contributed by atoms with Gasteiger partial charge in [-0.3, -0.25) is 4.79 Å². The van der Waals surface area contributed by atoms with Crippen LogP contribution in [0.5, 0.6) is 5.75 Å². The molecule has 1 N–H and O–H groups in total. The zero-order valence-corrected chi connectivity index (χ0v) is 11.8. The lowest BCUT2D eigenvalue weighted by Gasteiger charge is -2.06. The van der Waals surface area contributed by atoms with Crippen molar-refractivity contribution in [3.05, 3.63) is 36.4 Å². The van der Waals surface area contributed by atoms with Crippen molar-refractivity contribution >= 4 is 11.6 Å². The Balaban J connectivity index is 1.62. The number of benzene rings is 1. The number of anilines is 1. The second kappa shape index (κ2) is 5.70. The number of carbonyl (C=O) groups is 1. The SMILES string of the molecule is COc1cccc(NC(=O)C2[C@@H]3CCC=CCC[C@@H]23)c1. The van der Waals surface area contributed by atoms with Crippen LogP contribution in [0.4, 0.5) is 5.69 Å². The van der Waals surface area contributed by atoms with Gasteiger partial charge in [0.05, 0.1) is 7.11 Å². The number of ether oxygens (including phenoxy) is 1. The summed E-state index contributed by atoms with van der Waals surface area (Å²) < 4.78 is 5.18. The summed E-state index contributed by atoms with van der Waals surface area (Å²) in [6.45, 7) is 0. The third kappa shape index (κ3) is 2.72. The molecule has 0 saturated heterocycles. The van der Waals surface area contributed by atoms with E-state index in [9.17, 15) is 4.79 Å². The number of amides is 1. The molecule has 0 radical (unpaired) electrons. The molecule has 0 unspecified atom stereocenters. The lowest BCUT2D eigenvalue weighted by Crippen LogP contribution is -2.15. The Morgan fingerprint density at radius 1 is 1.20 bits per heavy atom. The van der Waals surface area contributed by atoms with Crippen LogP contribution in [0, 0.1) is 17.8 Å². The topological polar surface area (TPSA) is 38.3 Å². The molecule has 1 fully saturated rings. The molecule has 0 bridgehead atoms. The first-order valence-corrected chi connectivity index (χ1v) is 7.39. The molecule has 2 aliphatic rings. The third-order valence-electron chi connectivity index (χ3n) is 4.47. The van der Waals surface area contributed by atoms with Gasteiger partial charge in [-0.25, -0.2) is 0 Å². The van der Waals surface area contributed by atoms with Gasteiger partial charge in [0.1, 0.15) is 5.75 Å². The summed E-state index contributed by atoms with van der Waals surface area (Å²) in [5, 5.41) is 3.04. The van der Waals surface area contributed by atoms with Crippen molar-refractivity contribution in [2.24, 2.45) is 17.8 Å². The fourth-order valence-electron chi connectivity index (χ4n) is 3.36. The average Bonchev–Trinajstić information content (AvgIpc) is 3.10. The van der Waals surface area contributed by atoms with E-state index in [-0.39, 0.29) is 11.8 Å². The van der Waals surface area contributed by atoms with Gasteiger partial charge in [-0.2, -0.15) is 0 Å². The van der Waals surface area contributed by atoms with Crippen LogP contribution in [0.25, 0.3) is 0 Å². The highest BCUT2D eigenvalue weighted by atomic mass is 16.5. The Morgan fingerprint density at radius 2 is 1.90 bits per heavy atom. The second-order valence-electron chi connectivity index (χ2n) is 5.70. The molecule has 1 saturated carbocycles. The lowest BCUT2D eigenvalue weighted by atomic mass is 10.1. The van der Waals surface area contributed by atoms with Crippen molar-refractivity contribution in [3.8, 4) is 5.75 Å². The number of fused-ring (bicyclic) bond motifs is 1. The van der Waals surface area contributed by atoms with Gasteiger partial charge in [0.25, 0.3) is 0 Å². The summed E-state index contributed by atoms with van der Waals surface area (Å²) in [6.07, 6.45) is 9.04. The van der Waals surface area contributed by atoms with Crippen LogP contribution in [0.1, 0.15) is 25.7 Å². The summed E-state index contributed by atoms with van der Waals surface area (Å²) in [5.74, 6) is 2.33. The van der Waals surface area contributed by atoms with E-state index in [0.717, 1.165) is 37.1 Å². The molecule has 106 valence electrons. The number of rotatable bonds is 3. The van der Waals surface area contributed by atoms with E-state index < -0.39 is 0 Å². The predicted octanol–water partition coefficient (Wildman–Crippen LogP) is 3.63. The minimum atomic E-state index is 0.176. The van der Waals surface area contributed by atoms with Gasteiger partial charge >= 0.3 is 0 Å². The molecule has 0 aliphatic heterocycles. The maximum absolute atomic E-state index is 12.4. The van der Waals surface area contributed by atoms with Crippen LogP contribution in [-0.2, 0) is 4.79 Å². The molecule has 1 aromatic carbocycles. The maximum atomic E-state index is 12.4. The van der Waals surface area contributed by atoms with Crippen LogP contribution in [0.3, 0.4) is 0 Å². The van der Waals surface area contributed by atoms with Crippen molar-refractivity contribution in [1.29, 1.82) is 0 Å². The van der Waals surface area contributed by atoms with E-state index in [1.54, 1.807) is 7.11 Å². The Labute approximate surface area is 120 Å². The Kier molecular flexibility index (Phi) is 3.77. The number of carbonyl (C=O) groups excluding carboxylic acids is 1. The molecule has 0 aromatic heterocycles. The number of nitrogens with one attached hydrogen (secondary N) is 1. The lowest BCUT2D eigenvalue weighted by molar-refractivity contribution is -0.117. The molecule has 0 heterocycles. The van der Waals surface area contributed by atoms with Crippen LogP contribution < -0.4 is 10.1 Å². The summed E-state index contributed by atoms with van der Waals surface area (Å²) in [6, 6.07) is 7.55. The Bertz CT molecular complexity index is 507. The van der Waals surface area contributed by atoms with Gasteiger partial charge in [0, 0.05) is 17.7 Å². The molecule has 3 rings (SSSR count). The fourth-order valence-corrected chi connectivity index (χ4v) is 3.36. The van der Waals surface area contributed by atoms with Crippen molar-refractivity contribution in [2.45, 2.75) is 25.7 Å². The number of methoxy groups -OCH3 is 1. The van der Waals surface area contributed by atoms with E-state index >= 15 is 0 Å². The molecule has 3 nitrogen and oxygen atoms in total. The molecule has 0 spiro atoms. The summed E-state index contributed by atoms with van der Waals surface area (Å²) >= 11 is 0. The van der Waals surface area contributed by atoms with Crippen LogP contribution in [0.15, 0.2) is 36.4 Å². The van der Waals surface area contributed by atoms with Crippen molar-refractivity contribution in [1.82, 2.24) is 0 Å². The van der Waals surface area contributed by atoms with Crippen LogP contribution >= 0.6 is 0 Å². The molecule has 2 atom stereocenters. The highest BCUT2D eigenvalue weighted by Crippen LogP contribution is 2.53. The van der Waals surface area contributed by atoms with E-state index in [4.69, 9.17) is 4.74 Å². The molecular formula is C17H21NO2. The largest absolute Gasteiger partial charge is 0.497 e. The first-order valence-electron chi connectivity index (χ1n) is 7.39. The Hall–Kier alpha value is -1.77. The molecule has 2 aliphatic carbocycles. The maximum Gasteiger partial charge on any atom is 0.228 e. The number of allylic oxidation sites excluding steroid dienone is 2. The van der Waals surface area contributed by atoms with Gasteiger partial charge < -0.3 is 10.1 Å². The Morgan fingerprint density at radius 3 is 2.55 bits per heavy atom. The minimum Gasteiger partial charge on any atom is -0.497 e. The highest BCUT2D eigenvalue weighted by Gasteiger charge is 2.53. The summed E-state index contributed by atoms with van der Waals surface area (Å²) in [7, 11) is 1.64. The van der Waals surface area contributed by atoms with Crippen molar-refractivity contribution in [2.75, 3.05) is 12.4 Å². The average molecular weight is 271 g/mol. The molecular weight excluding hydrogens is 250 g/mol. The van der Waals surface area contributed by atoms with Gasteiger partial charge in [0.15, 0.2) is 0 Å². The quantitative estimate of drug-likeness (QED) is 0.853. The third-order valence-corrected chi connectivity index (χ3v) is 4.47. The minimum absolute atomic E-state index is 0.176. The monoisotopic (exact) mass is 271 g/mol. The predicted molar refractivity (Wildman–Crippen MR) is 79.7 cm³/mol. The van der Waals surface area contributed by atoms with E-state index in [0.29, 0.717) is 11.8 Å². The highest BCUT2D eigenvalue weighted by molar-refractivity contribution is 5.95. The van der Waals surface area contributed by atoms with Gasteiger partial charge in [-0.05, 0) is 49.7 Å². The number of hydrogen-bond acceptors (Lipinski definition) is 2. The second-order valence-corrected chi connectivity index (χ2v) is 5.70. The van der Waals surface area contributed by atoms with E-state index in [2.05, 4.69) is 17.5 Å². The molecule has 20 heavy (non-hydrogen) atoms.